The highest BCUT2D eigenvalue weighted by Gasteiger charge is 2.27. The predicted octanol–water partition coefficient (Wildman–Crippen LogP) is 2.84. The van der Waals surface area contributed by atoms with E-state index in [2.05, 4.69) is 10.6 Å². The summed E-state index contributed by atoms with van der Waals surface area (Å²) in [6, 6.07) is 14.5. The van der Waals surface area contributed by atoms with Crippen molar-refractivity contribution in [2.24, 2.45) is 0 Å². The van der Waals surface area contributed by atoms with E-state index in [-0.39, 0.29) is 16.8 Å². The topological polar surface area (TPSA) is 84.3 Å². The molecular formula is C17H17N3O3S. The average molecular weight is 343 g/mol. The number of benzene rings is 2. The van der Waals surface area contributed by atoms with Gasteiger partial charge in [0.2, 0.25) is 5.91 Å². The largest absolute Gasteiger partial charge is 0.378 e. The second-order valence-electron chi connectivity index (χ2n) is 5.41. The number of nitrogens with zero attached hydrogens (tertiary/aromatic N) is 1. The molecule has 0 radical (unpaired) electrons. The highest BCUT2D eigenvalue weighted by molar-refractivity contribution is 8.01. The molecule has 124 valence electrons. The Kier molecular flexibility index (Phi) is 5.00. The van der Waals surface area contributed by atoms with Crippen molar-refractivity contribution in [3.8, 4) is 0 Å². The third-order valence-corrected chi connectivity index (χ3v) is 5.10. The molecule has 6 nitrogen and oxygen atoms in total. The van der Waals surface area contributed by atoms with E-state index in [0.717, 1.165) is 11.3 Å². The lowest BCUT2D eigenvalue weighted by Crippen LogP contribution is -2.35. The molecule has 1 atom stereocenters. The van der Waals surface area contributed by atoms with Crippen LogP contribution in [-0.4, -0.2) is 29.2 Å². The molecule has 7 heteroatoms. The van der Waals surface area contributed by atoms with Crippen LogP contribution >= 0.6 is 11.8 Å². The number of amides is 1. The number of fused-ring (bicyclic) bond motifs is 1. The number of carbonyl (C=O) groups excluding carboxylic acids is 1. The van der Waals surface area contributed by atoms with E-state index < -0.39 is 4.92 Å². The van der Waals surface area contributed by atoms with Gasteiger partial charge in [0, 0.05) is 24.1 Å². The van der Waals surface area contributed by atoms with Crippen LogP contribution in [0.2, 0.25) is 0 Å². The molecule has 2 aromatic carbocycles. The quantitative estimate of drug-likeness (QED) is 0.479. The first-order valence-electron chi connectivity index (χ1n) is 7.64. The fourth-order valence-corrected chi connectivity index (χ4v) is 3.83. The van der Waals surface area contributed by atoms with Crippen LogP contribution in [0.25, 0.3) is 0 Å². The molecule has 0 saturated heterocycles. The summed E-state index contributed by atoms with van der Waals surface area (Å²) in [6.45, 7) is 0.846. The van der Waals surface area contributed by atoms with E-state index in [1.165, 1.54) is 11.6 Å². The molecule has 0 aliphatic carbocycles. The number of nitro benzene ring substituents is 1. The van der Waals surface area contributed by atoms with Crippen LogP contribution in [-0.2, 0) is 11.2 Å². The second kappa shape index (κ2) is 7.35. The Bertz CT molecular complexity index is 741. The van der Waals surface area contributed by atoms with E-state index >= 15 is 0 Å². The molecular weight excluding hydrogens is 326 g/mol. The van der Waals surface area contributed by atoms with Crippen LogP contribution < -0.4 is 10.6 Å². The summed E-state index contributed by atoms with van der Waals surface area (Å²) >= 11 is 1.58. The van der Waals surface area contributed by atoms with Gasteiger partial charge in [-0.2, -0.15) is 0 Å². The summed E-state index contributed by atoms with van der Waals surface area (Å²) in [7, 11) is 0. The number of hydrogen-bond acceptors (Lipinski definition) is 5. The Balaban J connectivity index is 1.46. The first kappa shape index (κ1) is 16.3. The highest BCUT2D eigenvalue weighted by atomic mass is 32.2. The van der Waals surface area contributed by atoms with E-state index in [4.69, 9.17) is 0 Å². The number of rotatable bonds is 6. The lowest BCUT2D eigenvalue weighted by molar-refractivity contribution is -0.384. The monoisotopic (exact) mass is 343 g/mol. The molecule has 1 amide bonds. The molecule has 1 heterocycles. The molecule has 0 unspecified atom stereocenters. The van der Waals surface area contributed by atoms with E-state index in [1.54, 1.807) is 30.0 Å². The minimum atomic E-state index is -0.423. The number of para-hydroxylation sites is 2. The normalized spacial score (nSPS) is 15.6. The van der Waals surface area contributed by atoms with Gasteiger partial charge in [0.25, 0.3) is 5.69 Å². The fourth-order valence-electron chi connectivity index (χ4n) is 2.61. The predicted molar refractivity (Wildman–Crippen MR) is 94.4 cm³/mol. The summed E-state index contributed by atoms with van der Waals surface area (Å²) in [5, 5.41) is 16.7. The number of hydrogen-bond donors (Lipinski definition) is 2. The maximum atomic E-state index is 12.2. The van der Waals surface area contributed by atoms with E-state index in [0.29, 0.717) is 18.8 Å². The van der Waals surface area contributed by atoms with Crippen molar-refractivity contribution < 1.29 is 9.72 Å². The Morgan fingerprint density at radius 3 is 2.71 bits per heavy atom. The number of carbonyl (C=O) groups is 1. The van der Waals surface area contributed by atoms with Crippen LogP contribution in [0.4, 0.5) is 11.4 Å². The Morgan fingerprint density at radius 2 is 1.92 bits per heavy atom. The molecule has 1 aliphatic heterocycles. The summed E-state index contributed by atoms with van der Waals surface area (Å²) in [6.07, 6.45) is 0.740. The summed E-state index contributed by atoms with van der Waals surface area (Å²) in [5.74, 6) is 0.000520. The van der Waals surface area contributed by atoms with Gasteiger partial charge in [-0.05, 0) is 24.1 Å². The van der Waals surface area contributed by atoms with Gasteiger partial charge in [0.15, 0.2) is 0 Å². The molecule has 2 aromatic rings. The first-order valence-corrected chi connectivity index (χ1v) is 8.52. The van der Waals surface area contributed by atoms with Gasteiger partial charge < -0.3 is 10.6 Å². The Hall–Kier alpha value is -2.54. The summed E-state index contributed by atoms with van der Waals surface area (Å²) in [5.41, 5.74) is 1.70. The van der Waals surface area contributed by atoms with Crippen molar-refractivity contribution in [1.82, 2.24) is 5.32 Å². The first-order chi connectivity index (χ1) is 11.6. The molecule has 0 spiro atoms. The lowest BCUT2D eigenvalue weighted by Gasteiger charge is -2.11. The molecule has 0 saturated carbocycles. The van der Waals surface area contributed by atoms with Crippen LogP contribution in [0.15, 0.2) is 53.4 Å². The zero-order valence-electron chi connectivity index (χ0n) is 12.9. The van der Waals surface area contributed by atoms with Gasteiger partial charge in [0.05, 0.1) is 10.2 Å². The minimum Gasteiger partial charge on any atom is -0.378 e. The van der Waals surface area contributed by atoms with Crippen molar-refractivity contribution in [2.75, 3.05) is 18.4 Å². The standard InChI is InChI=1S/C17H17N3O3S/c21-17(16-11-12-5-1-4-8-15(12)24-16)19-10-9-18-13-6-2-3-7-14(13)20(22)23/h1-8,16,18H,9-11H2,(H,19,21)/t16-/m1/s1. The Morgan fingerprint density at radius 1 is 1.17 bits per heavy atom. The van der Waals surface area contributed by atoms with E-state index in [1.807, 2.05) is 24.3 Å². The molecule has 2 N–H and O–H groups in total. The van der Waals surface area contributed by atoms with Crippen molar-refractivity contribution in [3.63, 3.8) is 0 Å². The molecule has 24 heavy (non-hydrogen) atoms. The van der Waals surface area contributed by atoms with Gasteiger partial charge in [-0.15, -0.1) is 11.8 Å². The molecule has 0 bridgehead atoms. The van der Waals surface area contributed by atoms with Crippen LogP contribution in [0.5, 0.6) is 0 Å². The molecule has 0 aromatic heterocycles. The third-order valence-electron chi connectivity index (χ3n) is 3.78. The van der Waals surface area contributed by atoms with Gasteiger partial charge in [-0.1, -0.05) is 30.3 Å². The van der Waals surface area contributed by atoms with Gasteiger partial charge in [0.1, 0.15) is 5.69 Å². The van der Waals surface area contributed by atoms with Crippen LogP contribution in [0, 0.1) is 10.1 Å². The smallest absolute Gasteiger partial charge is 0.292 e. The van der Waals surface area contributed by atoms with Gasteiger partial charge in [-0.25, -0.2) is 0 Å². The van der Waals surface area contributed by atoms with Crippen molar-refractivity contribution in [2.45, 2.75) is 16.6 Å². The highest BCUT2D eigenvalue weighted by Crippen LogP contribution is 2.36. The second-order valence-corrected chi connectivity index (χ2v) is 6.65. The summed E-state index contributed by atoms with van der Waals surface area (Å²) < 4.78 is 0. The van der Waals surface area contributed by atoms with Crippen molar-refractivity contribution in [3.05, 3.63) is 64.2 Å². The van der Waals surface area contributed by atoms with Gasteiger partial charge in [-0.3, -0.25) is 14.9 Å². The minimum absolute atomic E-state index is 0.000520. The van der Waals surface area contributed by atoms with Crippen LogP contribution in [0.3, 0.4) is 0 Å². The Labute approximate surface area is 143 Å². The molecule has 3 rings (SSSR count). The van der Waals surface area contributed by atoms with Crippen LogP contribution in [0.1, 0.15) is 5.56 Å². The number of nitro groups is 1. The lowest BCUT2D eigenvalue weighted by atomic mass is 10.1. The van der Waals surface area contributed by atoms with E-state index in [9.17, 15) is 14.9 Å². The molecule has 0 fully saturated rings. The maximum absolute atomic E-state index is 12.2. The number of thioether (sulfide) groups is 1. The molecule has 1 aliphatic rings. The number of nitrogens with one attached hydrogen (secondary N) is 2. The van der Waals surface area contributed by atoms with Crippen molar-refractivity contribution in [1.29, 1.82) is 0 Å². The fraction of sp³-hybridized carbons (Fsp3) is 0.235. The average Bonchev–Trinajstić information content (AvgIpc) is 3.03. The SMILES string of the molecule is O=C(NCCNc1ccccc1[N+](=O)[O-])[C@H]1Cc2ccccc2S1. The number of anilines is 1. The summed E-state index contributed by atoms with van der Waals surface area (Å²) in [4.78, 5) is 23.9. The maximum Gasteiger partial charge on any atom is 0.292 e. The zero-order chi connectivity index (χ0) is 16.9. The van der Waals surface area contributed by atoms with Crippen molar-refractivity contribution >= 4 is 29.0 Å². The zero-order valence-corrected chi connectivity index (χ0v) is 13.7. The van der Waals surface area contributed by atoms with Gasteiger partial charge >= 0.3 is 0 Å². The third kappa shape index (κ3) is 3.68.